The zero-order valence-corrected chi connectivity index (χ0v) is 13.6. The summed E-state index contributed by atoms with van der Waals surface area (Å²) in [5.41, 5.74) is 1.48. The average molecular weight is 302 g/mol. The molecule has 2 aromatic rings. The number of rotatable bonds is 5. The van der Waals surface area contributed by atoms with Crippen molar-refractivity contribution in [3.8, 4) is 0 Å². The lowest BCUT2D eigenvalue weighted by atomic mass is 10.1. The molecule has 6 nitrogen and oxygen atoms in total. The summed E-state index contributed by atoms with van der Waals surface area (Å²) in [5, 5.41) is 10.9. The van der Waals surface area contributed by atoms with E-state index >= 15 is 0 Å². The lowest BCUT2D eigenvalue weighted by molar-refractivity contribution is 0.0934. The largest absolute Gasteiger partial charge is 0.423 e. The number of nitrogens with zero attached hydrogens (tertiary/aromatic N) is 3. The number of carbonyl (C=O) groups is 1. The third-order valence-electron chi connectivity index (χ3n) is 3.30. The van der Waals surface area contributed by atoms with Crippen molar-refractivity contribution < 1.29 is 9.21 Å². The Morgan fingerprint density at radius 1 is 1.14 bits per heavy atom. The van der Waals surface area contributed by atoms with Crippen LogP contribution < -0.4 is 10.2 Å². The number of carbonyl (C=O) groups excluding carboxylic acids is 1. The molecular weight excluding hydrogens is 280 g/mol. The van der Waals surface area contributed by atoms with Crippen LogP contribution >= 0.6 is 0 Å². The van der Waals surface area contributed by atoms with Gasteiger partial charge in [-0.05, 0) is 19.1 Å². The molecule has 1 aromatic heterocycles. The number of hydrogen-bond donors (Lipinski definition) is 1. The van der Waals surface area contributed by atoms with Crippen molar-refractivity contribution in [3.63, 3.8) is 0 Å². The second kappa shape index (κ2) is 6.60. The Bertz CT molecular complexity index is 649. The molecule has 0 aliphatic carbocycles. The number of benzene rings is 1. The van der Waals surface area contributed by atoms with Gasteiger partial charge in [0.05, 0.1) is 5.56 Å². The first-order valence-electron chi connectivity index (χ1n) is 7.30. The zero-order chi connectivity index (χ0) is 16.3. The first kappa shape index (κ1) is 16.0. The molecule has 1 heterocycles. The number of anilines is 1. The summed E-state index contributed by atoms with van der Waals surface area (Å²) in [7, 11) is 3.81. The molecular formula is C16H22N4O2. The molecule has 0 aliphatic heterocycles. The minimum absolute atomic E-state index is 0.165. The summed E-state index contributed by atoms with van der Waals surface area (Å²) >= 11 is 0. The van der Waals surface area contributed by atoms with Crippen LogP contribution in [0.25, 0.3) is 0 Å². The van der Waals surface area contributed by atoms with Gasteiger partial charge in [0.2, 0.25) is 11.8 Å². The molecule has 0 bridgehead atoms. The molecule has 22 heavy (non-hydrogen) atoms. The van der Waals surface area contributed by atoms with Crippen LogP contribution in [0, 0.1) is 0 Å². The Kier molecular flexibility index (Phi) is 4.80. The van der Waals surface area contributed by atoms with Crippen LogP contribution in [0.5, 0.6) is 0 Å². The minimum atomic E-state index is -0.345. The van der Waals surface area contributed by atoms with E-state index < -0.39 is 0 Å². The average Bonchev–Trinajstić information content (AvgIpc) is 2.97. The van der Waals surface area contributed by atoms with Gasteiger partial charge in [-0.3, -0.25) is 4.79 Å². The Morgan fingerprint density at radius 3 is 2.36 bits per heavy atom. The van der Waals surface area contributed by atoms with Gasteiger partial charge in [-0.15, -0.1) is 10.2 Å². The van der Waals surface area contributed by atoms with Crippen molar-refractivity contribution in [2.24, 2.45) is 0 Å². The number of nitrogens with one attached hydrogen (secondary N) is 1. The lowest BCUT2D eigenvalue weighted by Gasteiger charge is -2.18. The Balaban J connectivity index is 2.14. The molecule has 1 N–H and O–H groups in total. The first-order chi connectivity index (χ1) is 10.4. The smallest absolute Gasteiger partial charge is 0.254 e. The molecule has 118 valence electrons. The highest BCUT2D eigenvalue weighted by Gasteiger charge is 2.20. The van der Waals surface area contributed by atoms with E-state index in [0.29, 0.717) is 17.3 Å². The van der Waals surface area contributed by atoms with E-state index in [4.69, 9.17) is 4.42 Å². The Morgan fingerprint density at radius 2 is 1.77 bits per heavy atom. The van der Waals surface area contributed by atoms with Crippen molar-refractivity contribution in [3.05, 3.63) is 41.6 Å². The summed E-state index contributed by atoms with van der Waals surface area (Å²) < 4.78 is 5.57. The van der Waals surface area contributed by atoms with Crippen molar-refractivity contribution in [2.75, 3.05) is 19.0 Å². The van der Waals surface area contributed by atoms with Gasteiger partial charge < -0.3 is 14.6 Å². The first-order valence-corrected chi connectivity index (χ1v) is 7.30. The molecule has 0 aliphatic rings. The highest BCUT2D eigenvalue weighted by atomic mass is 16.4. The fraction of sp³-hybridized carbons (Fsp3) is 0.438. The summed E-state index contributed by atoms with van der Waals surface area (Å²) in [4.78, 5) is 14.4. The highest BCUT2D eigenvalue weighted by molar-refractivity contribution is 5.99. The maximum atomic E-state index is 12.5. The fourth-order valence-electron chi connectivity index (χ4n) is 2.05. The van der Waals surface area contributed by atoms with Crippen molar-refractivity contribution >= 4 is 11.6 Å². The second-order valence-corrected chi connectivity index (χ2v) is 5.74. The van der Waals surface area contributed by atoms with Crippen LogP contribution in [0.4, 0.5) is 5.69 Å². The number of para-hydroxylation sites is 1. The Hall–Kier alpha value is -2.37. The van der Waals surface area contributed by atoms with Gasteiger partial charge in [0.1, 0.15) is 6.04 Å². The van der Waals surface area contributed by atoms with E-state index in [1.165, 1.54) is 0 Å². The lowest BCUT2D eigenvalue weighted by Crippen LogP contribution is -2.28. The van der Waals surface area contributed by atoms with Crippen LogP contribution in [0.15, 0.2) is 28.7 Å². The van der Waals surface area contributed by atoms with Crippen LogP contribution in [0.2, 0.25) is 0 Å². The van der Waals surface area contributed by atoms with E-state index in [1.54, 1.807) is 6.07 Å². The molecule has 0 saturated carbocycles. The molecule has 1 atom stereocenters. The van der Waals surface area contributed by atoms with Gasteiger partial charge in [0.15, 0.2) is 0 Å². The Labute approximate surface area is 130 Å². The number of hydrogen-bond acceptors (Lipinski definition) is 5. The van der Waals surface area contributed by atoms with E-state index in [-0.39, 0.29) is 17.9 Å². The summed E-state index contributed by atoms with van der Waals surface area (Å²) in [6, 6.07) is 7.11. The molecule has 1 aromatic carbocycles. The van der Waals surface area contributed by atoms with Crippen LogP contribution in [-0.2, 0) is 0 Å². The predicted octanol–water partition coefficient (Wildman–Crippen LogP) is 2.75. The number of amides is 1. The van der Waals surface area contributed by atoms with E-state index in [0.717, 1.165) is 5.69 Å². The predicted molar refractivity (Wildman–Crippen MR) is 85.0 cm³/mol. The van der Waals surface area contributed by atoms with Crippen LogP contribution in [0.1, 0.15) is 54.9 Å². The van der Waals surface area contributed by atoms with Crippen molar-refractivity contribution in [2.45, 2.75) is 32.7 Å². The van der Waals surface area contributed by atoms with Gasteiger partial charge in [0.25, 0.3) is 5.91 Å². The summed E-state index contributed by atoms with van der Waals surface area (Å²) in [6.07, 6.45) is 0. The quantitative estimate of drug-likeness (QED) is 0.919. The van der Waals surface area contributed by atoms with E-state index in [9.17, 15) is 4.79 Å². The van der Waals surface area contributed by atoms with Crippen LogP contribution in [-0.4, -0.2) is 30.2 Å². The molecule has 0 radical (unpaired) electrons. The van der Waals surface area contributed by atoms with Crippen LogP contribution in [0.3, 0.4) is 0 Å². The zero-order valence-electron chi connectivity index (χ0n) is 13.6. The van der Waals surface area contributed by atoms with Gasteiger partial charge in [0, 0.05) is 25.7 Å². The maximum absolute atomic E-state index is 12.5. The standard InChI is InChI=1S/C16H22N4O2/c1-10(2)15-18-19-16(22-15)11(3)17-14(21)12-8-6-7-9-13(12)20(4)5/h6-11H,1-5H3,(H,17,21). The van der Waals surface area contributed by atoms with Gasteiger partial charge in [-0.2, -0.15) is 0 Å². The molecule has 0 fully saturated rings. The molecule has 0 spiro atoms. The van der Waals surface area contributed by atoms with E-state index in [2.05, 4.69) is 15.5 Å². The molecule has 2 rings (SSSR count). The van der Waals surface area contributed by atoms with Gasteiger partial charge >= 0.3 is 0 Å². The van der Waals surface area contributed by atoms with Gasteiger partial charge in [-0.1, -0.05) is 26.0 Å². The monoisotopic (exact) mass is 302 g/mol. The second-order valence-electron chi connectivity index (χ2n) is 5.74. The molecule has 0 saturated heterocycles. The molecule has 1 unspecified atom stereocenters. The third-order valence-corrected chi connectivity index (χ3v) is 3.30. The minimum Gasteiger partial charge on any atom is -0.423 e. The SMILES string of the molecule is CC(C)c1nnc(C(C)NC(=O)c2ccccc2N(C)C)o1. The van der Waals surface area contributed by atoms with Gasteiger partial charge in [-0.25, -0.2) is 0 Å². The van der Waals surface area contributed by atoms with Crippen molar-refractivity contribution in [1.29, 1.82) is 0 Å². The topological polar surface area (TPSA) is 71.3 Å². The summed E-state index contributed by atoms with van der Waals surface area (Å²) in [6.45, 7) is 5.79. The third kappa shape index (κ3) is 3.44. The number of aromatic nitrogens is 2. The van der Waals surface area contributed by atoms with Crippen molar-refractivity contribution in [1.82, 2.24) is 15.5 Å². The fourth-order valence-corrected chi connectivity index (χ4v) is 2.05. The maximum Gasteiger partial charge on any atom is 0.254 e. The normalized spacial score (nSPS) is 12.3. The summed E-state index contributed by atoms with van der Waals surface area (Å²) in [5.74, 6) is 0.990. The molecule has 6 heteroatoms. The molecule has 1 amide bonds. The van der Waals surface area contributed by atoms with E-state index in [1.807, 2.05) is 58.0 Å². The highest BCUT2D eigenvalue weighted by Crippen LogP contribution is 2.20.